The van der Waals surface area contributed by atoms with Crippen LogP contribution >= 0.6 is 11.6 Å². The van der Waals surface area contributed by atoms with Gasteiger partial charge in [0.1, 0.15) is 11.5 Å². The van der Waals surface area contributed by atoms with Crippen molar-refractivity contribution in [1.82, 2.24) is 4.98 Å². The molecule has 3 aromatic rings. The number of hydrogen-bond acceptors (Lipinski definition) is 5. The van der Waals surface area contributed by atoms with E-state index in [9.17, 15) is 14.7 Å². The number of carbonyl (C=O) groups is 2. The maximum Gasteiger partial charge on any atom is 0.300 e. The summed E-state index contributed by atoms with van der Waals surface area (Å²) in [6.07, 6.45) is 4.02. The van der Waals surface area contributed by atoms with Crippen molar-refractivity contribution >= 4 is 34.7 Å². The van der Waals surface area contributed by atoms with Crippen molar-refractivity contribution in [2.45, 2.75) is 19.4 Å². The molecular weight excluding hydrogens is 428 g/mol. The van der Waals surface area contributed by atoms with E-state index in [0.717, 1.165) is 6.42 Å². The van der Waals surface area contributed by atoms with Gasteiger partial charge in [-0.3, -0.25) is 19.5 Å². The molecule has 0 radical (unpaired) electrons. The van der Waals surface area contributed by atoms with Gasteiger partial charge >= 0.3 is 0 Å². The highest BCUT2D eigenvalue weighted by Gasteiger charge is 2.47. The number of aliphatic hydroxyl groups excluding tert-OH is 1. The molecular formula is C25H21ClN2O4. The number of rotatable bonds is 6. The Hall–Kier alpha value is -3.64. The van der Waals surface area contributed by atoms with Gasteiger partial charge in [0, 0.05) is 28.7 Å². The Morgan fingerprint density at radius 3 is 2.59 bits per heavy atom. The lowest BCUT2D eigenvalue weighted by molar-refractivity contribution is -0.132. The molecule has 32 heavy (non-hydrogen) atoms. The Kier molecular flexibility index (Phi) is 6.23. The van der Waals surface area contributed by atoms with Crippen LogP contribution in [0, 0.1) is 0 Å². The highest BCUT2D eigenvalue weighted by molar-refractivity contribution is 6.51. The number of hydrogen-bond donors (Lipinski definition) is 1. The van der Waals surface area contributed by atoms with Crippen molar-refractivity contribution < 1.29 is 19.4 Å². The first kappa shape index (κ1) is 21.6. The standard InChI is InChI=1S/C25H21ClN2O4/c1-2-13-32-20-7-3-5-16(14-20)23(29)21-22(17-6-4-12-27-15-17)28(25(31)24(21)30)19-10-8-18(26)9-11-19/h3-12,14-15,22,29H,2,13H2,1H3/b23-21-. The van der Waals surface area contributed by atoms with Crippen molar-refractivity contribution in [3.8, 4) is 5.75 Å². The summed E-state index contributed by atoms with van der Waals surface area (Å²) in [6.45, 7) is 2.52. The van der Waals surface area contributed by atoms with Crippen LogP contribution in [0.3, 0.4) is 0 Å². The number of ketones is 1. The molecule has 1 unspecified atom stereocenters. The topological polar surface area (TPSA) is 79.7 Å². The summed E-state index contributed by atoms with van der Waals surface area (Å²) in [5.74, 6) is -1.20. The lowest BCUT2D eigenvalue weighted by Crippen LogP contribution is -2.29. The molecule has 4 rings (SSSR count). The summed E-state index contributed by atoms with van der Waals surface area (Å²) < 4.78 is 5.65. The number of carbonyl (C=O) groups excluding carboxylic acids is 2. The number of aromatic nitrogens is 1. The zero-order valence-electron chi connectivity index (χ0n) is 17.4. The predicted octanol–water partition coefficient (Wildman–Crippen LogP) is 5.15. The molecule has 162 valence electrons. The second-order valence-corrected chi connectivity index (χ2v) is 7.74. The molecule has 2 heterocycles. The summed E-state index contributed by atoms with van der Waals surface area (Å²) >= 11 is 6.01. The average Bonchev–Trinajstić information content (AvgIpc) is 3.09. The monoisotopic (exact) mass is 448 g/mol. The third-order valence-electron chi connectivity index (χ3n) is 5.13. The first-order valence-corrected chi connectivity index (χ1v) is 10.6. The number of ether oxygens (including phenoxy) is 1. The number of benzene rings is 2. The predicted molar refractivity (Wildman–Crippen MR) is 123 cm³/mol. The van der Waals surface area contributed by atoms with Crippen LogP contribution in [0.5, 0.6) is 5.75 Å². The fourth-order valence-corrected chi connectivity index (χ4v) is 3.79. The lowest BCUT2D eigenvalue weighted by Gasteiger charge is -2.25. The van der Waals surface area contributed by atoms with E-state index in [1.54, 1.807) is 73.1 Å². The minimum atomic E-state index is -0.843. The molecule has 1 saturated heterocycles. The summed E-state index contributed by atoms with van der Waals surface area (Å²) in [4.78, 5) is 31.7. The fraction of sp³-hybridized carbons (Fsp3) is 0.160. The van der Waals surface area contributed by atoms with Gasteiger partial charge < -0.3 is 9.84 Å². The third kappa shape index (κ3) is 4.09. The molecule has 1 aromatic heterocycles. The zero-order chi connectivity index (χ0) is 22.7. The maximum atomic E-state index is 13.1. The number of amides is 1. The molecule has 1 atom stereocenters. The van der Waals surface area contributed by atoms with E-state index in [0.29, 0.717) is 34.2 Å². The minimum absolute atomic E-state index is 0.00871. The number of Topliss-reactive ketones (excluding diaryl/α,β-unsaturated/α-hetero) is 1. The van der Waals surface area contributed by atoms with Crippen LogP contribution in [0.15, 0.2) is 78.6 Å². The molecule has 0 spiro atoms. The van der Waals surface area contributed by atoms with Gasteiger partial charge in [0.2, 0.25) is 0 Å². The molecule has 0 bridgehead atoms. The molecule has 2 aromatic carbocycles. The Balaban J connectivity index is 1.87. The third-order valence-corrected chi connectivity index (χ3v) is 5.38. The maximum absolute atomic E-state index is 13.1. The molecule has 0 aliphatic carbocycles. The second-order valence-electron chi connectivity index (χ2n) is 7.31. The van der Waals surface area contributed by atoms with Gasteiger partial charge in [-0.15, -0.1) is 0 Å². The smallest absolute Gasteiger partial charge is 0.300 e. The normalized spacial score (nSPS) is 17.6. The van der Waals surface area contributed by atoms with E-state index in [1.807, 2.05) is 6.92 Å². The molecule has 1 amide bonds. The molecule has 0 saturated carbocycles. The number of halogens is 1. The minimum Gasteiger partial charge on any atom is -0.507 e. The van der Waals surface area contributed by atoms with Crippen LogP contribution in [0.2, 0.25) is 5.02 Å². The zero-order valence-corrected chi connectivity index (χ0v) is 18.1. The highest BCUT2D eigenvalue weighted by atomic mass is 35.5. The van der Waals surface area contributed by atoms with E-state index in [-0.39, 0.29) is 11.3 Å². The summed E-state index contributed by atoms with van der Waals surface area (Å²) in [5.41, 5.74) is 1.47. The van der Waals surface area contributed by atoms with E-state index in [2.05, 4.69) is 4.98 Å². The van der Waals surface area contributed by atoms with Crippen molar-refractivity contribution in [2.24, 2.45) is 0 Å². The van der Waals surface area contributed by atoms with Gasteiger partial charge in [-0.25, -0.2) is 0 Å². The van der Waals surface area contributed by atoms with Crippen LogP contribution in [0.4, 0.5) is 5.69 Å². The highest BCUT2D eigenvalue weighted by Crippen LogP contribution is 2.42. The van der Waals surface area contributed by atoms with Crippen LogP contribution < -0.4 is 9.64 Å². The van der Waals surface area contributed by atoms with Gasteiger partial charge in [0.15, 0.2) is 0 Å². The number of nitrogens with zero attached hydrogens (tertiary/aromatic N) is 2. The molecule has 1 aliphatic rings. The van der Waals surface area contributed by atoms with Gasteiger partial charge in [-0.2, -0.15) is 0 Å². The van der Waals surface area contributed by atoms with Crippen molar-refractivity contribution in [1.29, 1.82) is 0 Å². The molecule has 1 fully saturated rings. The molecule has 1 N–H and O–H groups in total. The Morgan fingerprint density at radius 1 is 1.12 bits per heavy atom. The van der Waals surface area contributed by atoms with E-state index in [1.165, 1.54) is 4.90 Å². The lowest BCUT2D eigenvalue weighted by atomic mass is 9.96. The van der Waals surface area contributed by atoms with E-state index >= 15 is 0 Å². The summed E-state index contributed by atoms with van der Waals surface area (Å²) in [6, 6.07) is 16.1. The first-order chi connectivity index (χ1) is 15.5. The molecule has 6 nitrogen and oxygen atoms in total. The quantitative estimate of drug-likeness (QED) is 0.320. The Labute approximate surface area is 190 Å². The Bertz CT molecular complexity index is 1180. The van der Waals surface area contributed by atoms with Crippen LogP contribution in [0.1, 0.15) is 30.5 Å². The van der Waals surface area contributed by atoms with Crippen molar-refractivity contribution in [2.75, 3.05) is 11.5 Å². The summed E-state index contributed by atoms with van der Waals surface area (Å²) in [5, 5.41) is 11.7. The Morgan fingerprint density at radius 2 is 1.91 bits per heavy atom. The second kappa shape index (κ2) is 9.24. The van der Waals surface area contributed by atoms with Crippen molar-refractivity contribution in [3.05, 3.63) is 94.8 Å². The van der Waals surface area contributed by atoms with Gasteiger partial charge in [0.05, 0.1) is 18.2 Å². The largest absolute Gasteiger partial charge is 0.507 e. The number of pyridine rings is 1. The van der Waals surface area contributed by atoms with Crippen LogP contribution in [0.25, 0.3) is 5.76 Å². The van der Waals surface area contributed by atoms with Gasteiger partial charge in [0.25, 0.3) is 11.7 Å². The van der Waals surface area contributed by atoms with Gasteiger partial charge in [-0.05, 0) is 54.4 Å². The molecule has 7 heteroatoms. The van der Waals surface area contributed by atoms with E-state index < -0.39 is 17.7 Å². The molecule has 1 aliphatic heterocycles. The summed E-state index contributed by atoms with van der Waals surface area (Å²) in [7, 11) is 0. The van der Waals surface area contributed by atoms with Gasteiger partial charge in [-0.1, -0.05) is 36.7 Å². The van der Waals surface area contributed by atoms with Crippen LogP contribution in [-0.4, -0.2) is 28.4 Å². The fourth-order valence-electron chi connectivity index (χ4n) is 3.66. The average molecular weight is 449 g/mol. The van der Waals surface area contributed by atoms with Crippen molar-refractivity contribution in [3.63, 3.8) is 0 Å². The number of aliphatic hydroxyl groups is 1. The van der Waals surface area contributed by atoms with E-state index in [4.69, 9.17) is 16.3 Å². The number of anilines is 1. The van der Waals surface area contributed by atoms with Crippen LogP contribution in [-0.2, 0) is 9.59 Å². The first-order valence-electron chi connectivity index (χ1n) is 10.2. The SMILES string of the molecule is CCCOc1cccc(/C(O)=C2/C(=O)C(=O)N(c3ccc(Cl)cc3)C2c2cccnc2)c1.